The van der Waals surface area contributed by atoms with Crippen LogP contribution in [0.1, 0.15) is 32.0 Å². The Morgan fingerprint density at radius 2 is 2.08 bits per heavy atom. The van der Waals surface area contributed by atoms with Gasteiger partial charge in [-0.15, -0.1) is 0 Å². The molecule has 25 heavy (non-hydrogen) atoms. The van der Waals surface area contributed by atoms with Crippen LogP contribution in [0.25, 0.3) is 0 Å². The van der Waals surface area contributed by atoms with Gasteiger partial charge in [-0.25, -0.2) is 8.78 Å². The molecule has 1 aromatic carbocycles. The lowest BCUT2D eigenvalue weighted by atomic mass is 10.1. The Bertz CT molecular complexity index is 781. The standard InChI is InChI=1S/C17H17BrF2N2O2S/c1-17(2,3)25(23)22-15(16-12(18)5-4-8-21-16)11-6-7-14(24-10-19)13(20)9-11/h4-9H,10H2,1-3H3. The van der Waals surface area contributed by atoms with Crippen molar-refractivity contribution in [2.24, 2.45) is 4.40 Å². The zero-order chi connectivity index (χ0) is 18.6. The number of rotatable bonds is 5. The number of aromatic nitrogens is 1. The van der Waals surface area contributed by atoms with Gasteiger partial charge in [-0.2, -0.15) is 0 Å². The summed E-state index contributed by atoms with van der Waals surface area (Å²) in [5, 5.41) is 0. The predicted octanol–water partition coefficient (Wildman–Crippen LogP) is 4.59. The quantitative estimate of drug-likeness (QED) is 0.514. The number of hydrogen-bond acceptors (Lipinski definition) is 4. The van der Waals surface area contributed by atoms with Crippen LogP contribution in [0.2, 0.25) is 0 Å². The van der Waals surface area contributed by atoms with Gasteiger partial charge in [0.2, 0.25) is 6.86 Å². The summed E-state index contributed by atoms with van der Waals surface area (Å²) in [6, 6.07) is 7.47. The van der Waals surface area contributed by atoms with Gasteiger partial charge in [0.15, 0.2) is 11.6 Å². The molecule has 134 valence electrons. The summed E-state index contributed by atoms with van der Waals surface area (Å²) in [5.41, 5.74) is 1.06. The Balaban J connectivity index is 2.58. The molecule has 2 aromatic rings. The lowest BCUT2D eigenvalue weighted by Crippen LogP contribution is -2.27. The Hall–Kier alpha value is -1.51. The fourth-order valence-electron chi connectivity index (χ4n) is 1.84. The molecular weight excluding hydrogens is 414 g/mol. The highest BCUT2D eigenvalue weighted by Gasteiger charge is 2.29. The van der Waals surface area contributed by atoms with Crippen molar-refractivity contribution in [1.29, 1.82) is 0 Å². The molecule has 0 radical (unpaired) electrons. The Morgan fingerprint density at radius 1 is 1.36 bits per heavy atom. The van der Waals surface area contributed by atoms with Gasteiger partial charge in [0, 0.05) is 16.2 Å². The summed E-state index contributed by atoms with van der Waals surface area (Å²) in [4.78, 5) is 4.25. The topological polar surface area (TPSA) is 57.5 Å². The maximum atomic E-state index is 14.1. The van der Waals surface area contributed by atoms with Crippen LogP contribution in [0.3, 0.4) is 0 Å². The van der Waals surface area contributed by atoms with Crippen LogP contribution in [0.4, 0.5) is 8.78 Å². The number of ether oxygens (including phenoxy) is 1. The van der Waals surface area contributed by atoms with Crippen LogP contribution in [-0.4, -0.2) is 26.9 Å². The molecule has 1 heterocycles. The van der Waals surface area contributed by atoms with Crippen LogP contribution in [0.5, 0.6) is 5.75 Å². The van der Waals surface area contributed by atoms with Crippen molar-refractivity contribution in [2.75, 3.05) is 6.86 Å². The number of benzene rings is 1. The predicted molar refractivity (Wildman–Crippen MR) is 98.5 cm³/mol. The van der Waals surface area contributed by atoms with E-state index in [4.69, 9.17) is 0 Å². The molecule has 0 aliphatic rings. The molecule has 0 N–H and O–H groups in total. The molecule has 0 saturated carbocycles. The van der Waals surface area contributed by atoms with Crippen molar-refractivity contribution in [2.45, 2.75) is 25.5 Å². The van der Waals surface area contributed by atoms with Crippen molar-refractivity contribution >= 4 is 33.0 Å². The van der Waals surface area contributed by atoms with E-state index < -0.39 is 28.8 Å². The van der Waals surface area contributed by atoms with E-state index in [1.807, 2.05) is 0 Å². The number of nitrogens with zero attached hydrogens (tertiary/aromatic N) is 2. The third-order valence-electron chi connectivity index (χ3n) is 3.10. The third-order valence-corrected chi connectivity index (χ3v) is 5.13. The van der Waals surface area contributed by atoms with Gasteiger partial charge in [0.1, 0.15) is 27.5 Å². The lowest BCUT2D eigenvalue weighted by molar-refractivity contribution is 0.184. The average molecular weight is 431 g/mol. The van der Waals surface area contributed by atoms with E-state index in [-0.39, 0.29) is 11.5 Å². The Labute approximate surface area is 156 Å². The highest BCUT2D eigenvalue weighted by Crippen LogP contribution is 2.26. The first kappa shape index (κ1) is 19.8. The number of hydrogen-bond donors (Lipinski definition) is 0. The summed E-state index contributed by atoms with van der Waals surface area (Å²) >= 11 is 1.80. The maximum absolute atomic E-state index is 14.1. The molecule has 0 bridgehead atoms. The number of pyridine rings is 1. The zero-order valence-electron chi connectivity index (χ0n) is 13.9. The van der Waals surface area contributed by atoms with Gasteiger partial charge >= 0.3 is 0 Å². The summed E-state index contributed by atoms with van der Waals surface area (Å²) in [6.45, 7) is 4.24. The van der Waals surface area contributed by atoms with Crippen LogP contribution in [0, 0.1) is 5.82 Å². The molecular formula is C17H17BrF2N2O2S. The van der Waals surface area contributed by atoms with E-state index in [9.17, 15) is 13.3 Å². The fourth-order valence-corrected chi connectivity index (χ4v) is 2.91. The van der Waals surface area contributed by atoms with E-state index in [1.54, 1.807) is 39.1 Å². The van der Waals surface area contributed by atoms with Crippen LogP contribution in [-0.2, 0) is 11.4 Å². The van der Waals surface area contributed by atoms with Crippen LogP contribution >= 0.6 is 15.9 Å². The van der Waals surface area contributed by atoms with Crippen LogP contribution < -0.4 is 4.74 Å². The minimum absolute atomic E-state index is 0.206. The molecule has 0 aliphatic heterocycles. The molecule has 1 unspecified atom stereocenters. The van der Waals surface area contributed by atoms with E-state index in [0.717, 1.165) is 6.07 Å². The second kappa shape index (κ2) is 8.25. The van der Waals surface area contributed by atoms with Crippen LogP contribution in [0.15, 0.2) is 45.4 Å². The molecule has 0 amide bonds. The number of alkyl halides is 1. The molecule has 1 atom stereocenters. The molecule has 0 saturated heterocycles. The molecule has 0 aliphatic carbocycles. The maximum Gasteiger partial charge on any atom is 0.228 e. The lowest BCUT2D eigenvalue weighted by Gasteiger charge is -2.19. The van der Waals surface area contributed by atoms with Gasteiger partial charge in [0.05, 0.1) is 0 Å². The molecule has 0 spiro atoms. The molecule has 0 fully saturated rings. The Morgan fingerprint density at radius 3 is 2.64 bits per heavy atom. The smallest absolute Gasteiger partial charge is 0.228 e. The van der Waals surface area contributed by atoms with Crippen molar-refractivity contribution in [3.63, 3.8) is 0 Å². The molecule has 4 nitrogen and oxygen atoms in total. The summed E-state index contributed by atoms with van der Waals surface area (Å²) in [6.07, 6.45) is 1.56. The first-order chi connectivity index (χ1) is 11.7. The SMILES string of the molecule is CC(C)(C)[S+]([O-])N=C(c1ccc(OCF)c(F)c1)c1ncccc1Br. The van der Waals surface area contributed by atoms with Crippen molar-refractivity contribution in [3.8, 4) is 5.75 Å². The zero-order valence-corrected chi connectivity index (χ0v) is 16.3. The highest BCUT2D eigenvalue weighted by molar-refractivity contribution is 9.10. The van der Waals surface area contributed by atoms with Gasteiger partial charge in [-0.05, 0) is 67.0 Å². The summed E-state index contributed by atoms with van der Waals surface area (Å²) in [5.74, 6) is -0.945. The fraction of sp³-hybridized carbons (Fsp3) is 0.294. The second-order valence-electron chi connectivity index (χ2n) is 6.03. The normalized spacial score (nSPS) is 13.6. The Kier molecular flexibility index (Phi) is 6.53. The number of halogens is 3. The van der Waals surface area contributed by atoms with Crippen molar-refractivity contribution in [1.82, 2.24) is 4.98 Å². The van der Waals surface area contributed by atoms with Gasteiger partial charge in [-0.3, -0.25) is 4.98 Å². The van der Waals surface area contributed by atoms with Crippen molar-refractivity contribution < 1.29 is 18.1 Å². The molecule has 2 rings (SSSR count). The first-order valence-corrected chi connectivity index (χ1v) is 9.24. The van der Waals surface area contributed by atoms with E-state index in [0.29, 0.717) is 15.7 Å². The van der Waals surface area contributed by atoms with Crippen molar-refractivity contribution in [3.05, 3.63) is 58.1 Å². The monoisotopic (exact) mass is 430 g/mol. The summed E-state index contributed by atoms with van der Waals surface area (Å²) in [7, 11) is 0. The highest BCUT2D eigenvalue weighted by atomic mass is 79.9. The minimum atomic E-state index is -1.58. The molecule has 1 aromatic heterocycles. The van der Waals surface area contributed by atoms with E-state index in [2.05, 4.69) is 30.0 Å². The third kappa shape index (κ3) is 4.99. The van der Waals surface area contributed by atoms with Gasteiger partial charge < -0.3 is 9.29 Å². The average Bonchev–Trinajstić information content (AvgIpc) is 2.54. The summed E-state index contributed by atoms with van der Waals surface area (Å²) < 4.78 is 47.8. The first-order valence-electron chi connectivity index (χ1n) is 7.34. The minimum Gasteiger partial charge on any atom is -0.591 e. The van der Waals surface area contributed by atoms with E-state index in [1.165, 1.54) is 12.1 Å². The molecule has 8 heteroatoms. The largest absolute Gasteiger partial charge is 0.591 e. The second-order valence-corrected chi connectivity index (χ2v) is 8.79. The van der Waals surface area contributed by atoms with E-state index >= 15 is 0 Å². The van der Waals surface area contributed by atoms with Gasteiger partial charge in [0.25, 0.3) is 0 Å². The van der Waals surface area contributed by atoms with Gasteiger partial charge in [-0.1, -0.05) is 4.40 Å².